The van der Waals surface area contributed by atoms with Gasteiger partial charge in [0, 0.05) is 11.9 Å². The zero-order valence-electron chi connectivity index (χ0n) is 9.58. The number of anilines is 1. The molecular formula is C12H9ClF3N3. The van der Waals surface area contributed by atoms with Crippen molar-refractivity contribution in [2.45, 2.75) is 12.7 Å². The monoisotopic (exact) mass is 287 g/mol. The van der Waals surface area contributed by atoms with Gasteiger partial charge in [-0.05, 0) is 24.3 Å². The molecule has 0 saturated heterocycles. The fourth-order valence-electron chi connectivity index (χ4n) is 1.47. The summed E-state index contributed by atoms with van der Waals surface area (Å²) in [6, 6.07) is 5.35. The fraction of sp³-hybridized carbons (Fsp3) is 0.167. The third-order valence-electron chi connectivity index (χ3n) is 2.39. The normalized spacial score (nSPS) is 11.4. The van der Waals surface area contributed by atoms with Crippen LogP contribution >= 0.6 is 11.6 Å². The number of hydrogen-bond acceptors (Lipinski definition) is 3. The molecule has 1 aromatic carbocycles. The van der Waals surface area contributed by atoms with Gasteiger partial charge < -0.3 is 5.32 Å². The Morgan fingerprint density at radius 3 is 2.63 bits per heavy atom. The molecule has 0 aliphatic heterocycles. The fourth-order valence-corrected chi connectivity index (χ4v) is 1.69. The number of alkyl halides is 3. The minimum Gasteiger partial charge on any atom is -0.379 e. The van der Waals surface area contributed by atoms with E-state index in [1.165, 1.54) is 18.5 Å². The van der Waals surface area contributed by atoms with Crippen molar-refractivity contribution in [3.8, 4) is 0 Å². The third-order valence-corrected chi connectivity index (χ3v) is 2.72. The van der Waals surface area contributed by atoms with Crippen molar-refractivity contribution in [1.29, 1.82) is 0 Å². The molecule has 3 nitrogen and oxygen atoms in total. The Morgan fingerprint density at radius 2 is 2.00 bits per heavy atom. The Labute approximate surface area is 112 Å². The highest BCUT2D eigenvalue weighted by molar-refractivity contribution is 6.31. The van der Waals surface area contributed by atoms with Gasteiger partial charge in [-0.25, -0.2) is 9.97 Å². The Morgan fingerprint density at radius 1 is 1.21 bits per heavy atom. The van der Waals surface area contributed by atoms with E-state index >= 15 is 0 Å². The largest absolute Gasteiger partial charge is 0.417 e. The van der Waals surface area contributed by atoms with Gasteiger partial charge >= 0.3 is 6.18 Å². The predicted molar refractivity (Wildman–Crippen MR) is 65.8 cm³/mol. The summed E-state index contributed by atoms with van der Waals surface area (Å²) < 4.78 is 38.0. The van der Waals surface area contributed by atoms with Crippen LogP contribution in [-0.4, -0.2) is 9.97 Å². The number of nitrogens with zero attached hydrogens (tertiary/aromatic N) is 2. The van der Waals surface area contributed by atoms with Gasteiger partial charge in [0.25, 0.3) is 0 Å². The van der Waals surface area contributed by atoms with E-state index in [0.717, 1.165) is 6.07 Å². The molecule has 100 valence electrons. The second-order valence-corrected chi connectivity index (χ2v) is 4.15. The summed E-state index contributed by atoms with van der Waals surface area (Å²) in [5.74, 6) is 0. The molecule has 0 spiro atoms. The van der Waals surface area contributed by atoms with E-state index in [0.29, 0.717) is 17.9 Å². The smallest absolute Gasteiger partial charge is 0.379 e. The van der Waals surface area contributed by atoms with Gasteiger partial charge in [0.05, 0.1) is 22.8 Å². The molecule has 19 heavy (non-hydrogen) atoms. The van der Waals surface area contributed by atoms with E-state index in [2.05, 4.69) is 15.3 Å². The lowest BCUT2D eigenvalue weighted by atomic mass is 10.2. The first-order chi connectivity index (χ1) is 8.97. The van der Waals surface area contributed by atoms with Crippen LogP contribution in [0.5, 0.6) is 0 Å². The zero-order valence-corrected chi connectivity index (χ0v) is 10.3. The molecule has 0 unspecified atom stereocenters. The molecule has 1 N–H and O–H groups in total. The molecule has 7 heteroatoms. The molecule has 0 fully saturated rings. The number of hydrogen-bond donors (Lipinski definition) is 1. The summed E-state index contributed by atoms with van der Waals surface area (Å²) in [6.45, 7) is 0.307. The van der Waals surface area contributed by atoms with E-state index in [4.69, 9.17) is 11.6 Å². The Hall–Kier alpha value is -1.82. The standard InChI is InChI=1S/C12H9ClF3N3/c13-11-2-1-8(5-10(11)12(14,15)16)18-6-9-3-4-17-7-19-9/h1-5,7,18H,6H2. The molecule has 0 atom stereocenters. The van der Waals surface area contributed by atoms with Crippen LogP contribution in [0.25, 0.3) is 0 Å². The van der Waals surface area contributed by atoms with Crippen LogP contribution in [0.3, 0.4) is 0 Å². The van der Waals surface area contributed by atoms with Crippen LogP contribution in [0.4, 0.5) is 18.9 Å². The first kappa shape index (κ1) is 13.6. The van der Waals surface area contributed by atoms with Gasteiger partial charge in [0.15, 0.2) is 0 Å². The van der Waals surface area contributed by atoms with Gasteiger partial charge in [-0.3, -0.25) is 0 Å². The molecule has 1 heterocycles. The first-order valence-corrected chi connectivity index (χ1v) is 5.70. The van der Waals surface area contributed by atoms with Crippen molar-refractivity contribution >= 4 is 17.3 Å². The summed E-state index contributed by atoms with van der Waals surface area (Å²) in [5.41, 5.74) is 0.149. The molecule has 0 aliphatic carbocycles. The lowest BCUT2D eigenvalue weighted by molar-refractivity contribution is -0.137. The van der Waals surface area contributed by atoms with Crippen molar-refractivity contribution in [3.63, 3.8) is 0 Å². The summed E-state index contributed by atoms with van der Waals surface area (Å²) in [4.78, 5) is 7.71. The highest BCUT2D eigenvalue weighted by atomic mass is 35.5. The molecule has 0 amide bonds. The van der Waals surface area contributed by atoms with Crippen LogP contribution < -0.4 is 5.32 Å². The van der Waals surface area contributed by atoms with E-state index in [1.54, 1.807) is 12.3 Å². The molecule has 0 saturated carbocycles. The number of benzene rings is 1. The molecule has 0 bridgehead atoms. The maximum Gasteiger partial charge on any atom is 0.417 e. The van der Waals surface area contributed by atoms with Gasteiger partial charge in [-0.2, -0.15) is 13.2 Å². The van der Waals surface area contributed by atoms with Crippen molar-refractivity contribution in [2.75, 3.05) is 5.32 Å². The molecule has 2 aromatic rings. The number of nitrogens with one attached hydrogen (secondary N) is 1. The van der Waals surface area contributed by atoms with Crippen molar-refractivity contribution in [2.24, 2.45) is 0 Å². The Balaban J connectivity index is 2.14. The minimum atomic E-state index is -4.47. The minimum absolute atomic E-state index is 0.307. The van der Waals surface area contributed by atoms with E-state index in [-0.39, 0.29) is 5.02 Å². The van der Waals surface area contributed by atoms with E-state index in [1.807, 2.05) is 0 Å². The van der Waals surface area contributed by atoms with Crippen LogP contribution in [-0.2, 0) is 12.7 Å². The highest BCUT2D eigenvalue weighted by Crippen LogP contribution is 2.36. The molecule has 0 radical (unpaired) electrons. The van der Waals surface area contributed by atoms with Crippen LogP contribution in [0, 0.1) is 0 Å². The number of rotatable bonds is 3. The van der Waals surface area contributed by atoms with E-state index < -0.39 is 11.7 Å². The van der Waals surface area contributed by atoms with E-state index in [9.17, 15) is 13.2 Å². The third kappa shape index (κ3) is 3.57. The molecule has 1 aromatic heterocycles. The van der Waals surface area contributed by atoms with Crippen LogP contribution in [0.15, 0.2) is 36.8 Å². The number of aromatic nitrogens is 2. The first-order valence-electron chi connectivity index (χ1n) is 5.32. The maximum absolute atomic E-state index is 12.7. The summed E-state index contributed by atoms with van der Waals surface area (Å²) in [5, 5.41) is 2.53. The van der Waals surface area contributed by atoms with Crippen molar-refractivity contribution < 1.29 is 13.2 Å². The lowest BCUT2D eigenvalue weighted by Gasteiger charge is -2.12. The summed E-state index contributed by atoms with van der Waals surface area (Å²) >= 11 is 5.53. The zero-order chi connectivity index (χ0) is 13.9. The van der Waals surface area contributed by atoms with Crippen LogP contribution in [0.1, 0.15) is 11.3 Å². The van der Waals surface area contributed by atoms with Gasteiger partial charge in [-0.15, -0.1) is 0 Å². The molecule has 0 aliphatic rings. The SMILES string of the molecule is FC(F)(F)c1cc(NCc2ccncn2)ccc1Cl. The molecular weight excluding hydrogens is 279 g/mol. The number of halogens is 4. The topological polar surface area (TPSA) is 37.8 Å². The lowest BCUT2D eigenvalue weighted by Crippen LogP contribution is -2.08. The Kier molecular flexibility index (Phi) is 3.90. The molecule has 2 rings (SSSR count). The Bertz CT molecular complexity index is 558. The van der Waals surface area contributed by atoms with Gasteiger partial charge in [0.1, 0.15) is 6.33 Å². The maximum atomic E-state index is 12.7. The van der Waals surface area contributed by atoms with Gasteiger partial charge in [0.2, 0.25) is 0 Å². The van der Waals surface area contributed by atoms with Crippen molar-refractivity contribution in [1.82, 2.24) is 9.97 Å². The summed E-state index contributed by atoms with van der Waals surface area (Å²) in [7, 11) is 0. The highest BCUT2D eigenvalue weighted by Gasteiger charge is 2.33. The van der Waals surface area contributed by atoms with Crippen LogP contribution in [0.2, 0.25) is 5.02 Å². The average molecular weight is 288 g/mol. The second-order valence-electron chi connectivity index (χ2n) is 3.75. The predicted octanol–water partition coefficient (Wildman–Crippen LogP) is 3.76. The quantitative estimate of drug-likeness (QED) is 0.934. The van der Waals surface area contributed by atoms with Gasteiger partial charge in [-0.1, -0.05) is 11.6 Å². The van der Waals surface area contributed by atoms with Crippen molar-refractivity contribution in [3.05, 3.63) is 53.1 Å². The average Bonchev–Trinajstić information content (AvgIpc) is 2.37. The summed E-state index contributed by atoms with van der Waals surface area (Å²) in [6.07, 6.45) is -1.53. The second kappa shape index (κ2) is 5.44.